The molecule has 0 saturated heterocycles. The molecular formula is C37H44O7. The monoisotopic (exact) mass is 600 g/mol. The van der Waals surface area contributed by atoms with Crippen molar-refractivity contribution in [3.05, 3.63) is 95.6 Å². The van der Waals surface area contributed by atoms with E-state index in [1.807, 2.05) is 25.2 Å². The highest BCUT2D eigenvalue weighted by atomic mass is 16.6. The second-order valence-electron chi connectivity index (χ2n) is 13.4. The highest BCUT2D eigenvalue weighted by Gasteiger charge is 2.76. The molecule has 44 heavy (non-hydrogen) atoms. The Kier molecular flexibility index (Phi) is 8.76. The Morgan fingerprint density at radius 3 is 2.50 bits per heavy atom. The first-order chi connectivity index (χ1) is 20.9. The van der Waals surface area contributed by atoms with Crippen LogP contribution in [0.3, 0.4) is 0 Å². The van der Waals surface area contributed by atoms with Gasteiger partial charge in [0.2, 0.25) is 0 Å². The van der Waals surface area contributed by atoms with Crippen LogP contribution >= 0.6 is 0 Å². The fourth-order valence-electron chi connectivity index (χ4n) is 8.15. The van der Waals surface area contributed by atoms with Gasteiger partial charge in [-0.1, -0.05) is 94.8 Å². The lowest BCUT2D eigenvalue weighted by molar-refractivity contribution is -0.201. The maximum atomic E-state index is 14.7. The number of benzene rings is 1. The summed E-state index contributed by atoms with van der Waals surface area (Å²) >= 11 is 0. The topological polar surface area (TPSA) is 110 Å². The minimum Gasteiger partial charge on any atom is -0.457 e. The second-order valence-corrected chi connectivity index (χ2v) is 13.4. The van der Waals surface area contributed by atoms with Crippen molar-refractivity contribution in [3.63, 3.8) is 0 Å². The van der Waals surface area contributed by atoms with E-state index < -0.39 is 41.1 Å². The summed E-state index contributed by atoms with van der Waals surface area (Å²) in [4.78, 5) is 40.6. The van der Waals surface area contributed by atoms with Crippen molar-refractivity contribution >= 4 is 17.7 Å². The molecule has 1 aromatic carbocycles. The summed E-state index contributed by atoms with van der Waals surface area (Å²) in [6.45, 7) is 9.73. The molecule has 0 aromatic heterocycles. The average molecular weight is 601 g/mol. The fourth-order valence-corrected chi connectivity index (χ4v) is 8.15. The van der Waals surface area contributed by atoms with Gasteiger partial charge in [0.1, 0.15) is 12.7 Å². The number of Topliss-reactive ketones (excluding diaryl/α,β-unsaturated/α-hetero) is 1. The lowest BCUT2D eigenvalue weighted by Gasteiger charge is -2.48. The van der Waals surface area contributed by atoms with Gasteiger partial charge in [0.25, 0.3) is 0 Å². The van der Waals surface area contributed by atoms with E-state index in [1.165, 1.54) is 6.08 Å². The van der Waals surface area contributed by atoms with Crippen molar-refractivity contribution in [1.29, 1.82) is 0 Å². The Bertz CT molecular complexity index is 1450. The molecule has 7 nitrogen and oxygen atoms in total. The van der Waals surface area contributed by atoms with Crippen LogP contribution in [0.4, 0.5) is 0 Å². The molecule has 0 amide bonds. The van der Waals surface area contributed by atoms with Crippen molar-refractivity contribution in [2.75, 3.05) is 6.61 Å². The number of rotatable bonds is 9. The van der Waals surface area contributed by atoms with Gasteiger partial charge in [0.05, 0.1) is 11.0 Å². The SMILES string of the molecule is CCC/C=C/C=C\C=C\C(=O)O[C@H]1C(C)=CC23C(=O)[C@H](C=C(COC(=O)c4ccccc4)[C@@H](O)[C@]12O)[C@H]1C(C[C@H]3C)C1(C)C. The molecule has 2 bridgehead atoms. The average Bonchev–Trinajstić information content (AvgIpc) is 3.49. The smallest absolute Gasteiger partial charge is 0.338 e. The van der Waals surface area contributed by atoms with E-state index in [1.54, 1.807) is 61.6 Å². The highest BCUT2D eigenvalue weighted by Crippen LogP contribution is 2.71. The number of hydrogen-bond acceptors (Lipinski definition) is 7. The summed E-state index contributed by atoms with van der Waals surface area (Å²) in [6.07, 6.45) is 13.5. The third-order valence-electron chi connectivity index (χ3n) is 10.5. The predicted molar refractivity (Wildman–Crippen MR) is 167 cm³/mol. The van der Waals surface area contributed by atoms with Gasteiger partial charge in [0, 0.05) is 12.0 Å². The van der Waals surface area contributed by atoms with E-state index in [9.17, 15) is 24.6 Å². The summed E-state index contributed by atoms with van der Waals surface area (Å²) in [6, 6.07) is 8.51. The van der Waals surface area contributed by atoms with Gasteiger partial charge in [-0.05, 0) is 66.2 Å². The van der Waals surface area contributed by atoms with E-state index in [0.717, 1.165) is 12.8 Å². The third-order valence-corrected chi connectivity index (χ3v) is 10.5. The number of unbranched alkanes of at least 4 members (excludes halogenated alkanes) is 1. The van der Waals surface area contributed by atoms with E-state index in [0.29, 0.717) is 17.6 Å². The molecule has 1 aromatic rings. The number of hydrogen-bond donors (Lipinski definition) is 2. The highest BCUT2D eigenvalue weighted by molar-refractivity contribution is 5.96. The minimum absolute atomic E-state index is 0.0163. The Labute approximate surface area is 260 Å². The molecule has 2 unspecified atom stereocenters. The molecule has 8 atom stereocenters. The van der Waals surface area contributed by atoms with Crippen LogP contribution in [0, 0.1) is 34.5 Å². The van der Waals surface area contributed by atoms with Crippen molar-refractivity contribution in [2.45, 2.75) is 71.7 Å². The molecule has 1 spiro atoms. The van der Waals surface area contributed by atoms with Crippen LogP contribution in [-0.4, -0.2) is 52.4 Å². The Morgan fingerprint density at radius 1 is 1.09 bits per heavy atom. The van der Waals surface area contributed by atoms with Gasteiger partial charge in [-0.3, -0.25) is 4.79 Å². The van der Waals surface area contributed by atoms with E-state index in [4.69, 9.17) is 9.47 Å². The van der Waals surface area contributed by atoms with E-state index >= 15 is 0 Å². The number of carbonyl (C=O) groups excluding carboxylic acids is 3. The van der Waals surface area contributed by atoms with Crippen LogP contribution in [0.1, 0.15) is 64.2 Å². The normalized spacial score (nSPS) is 35.5. The van der Waals surface area contributed by atoms with E-state index in [-0.39, 0.29) is 41.1 Å². The van der Waals surface area contributed by atoms with Gasteiger partial charge in [-0.15, -0.1) is 0 Å². The standard InChI is InChI=1S/C37H44O7/c1-6-7-8-9-10-11-15-18-29(38)44-33-23(2)21-36-24(3)19-28-30(35(28,4)5)27(32(36)40)20-26(31(39)37(33,36)42)22-43-34(41)25-16-13-12-14-17-25/h8-18,20-21,24,27-28,30-31,33,39,42H,6-7,19,22H2,1-5H3/b9-8+,11-10-,18-15+/t24-,27-,28?,30+,31-,33+,36?,37+/m1/s1. The Balaban J connectivity index is 1.49. The first-order valence-electron chi connectivity index (χ1n) is 15.7. The number of carbonyl (C=O) groups is 3. The summed E-state index contributed by atoms with van der Waals surface area (Å²) < 4.78 is 11.5. The van der Waals surface area contributed by atoms with Crippen LogP contribution in [0.25, 0.3) is 0 Å². The number of aliphatic hydroxyl groups excluding tert-OH is 1. The van der Waals surface area contributed by atoms with Crippen LogP contribution < -0.4 is 0 Å². The zero-order valence-electron chi connectivity index (χ0n) is 26.2. The fraction of sp³-hybridized carbons (Fsp3) is 0.486. The summed E-state index contributed by atoms with van der Waals surface area (Å²) in [5.74, 6) is -2.17. The first kappa shape index (κ1) is 31.9. The van der Waals surface area contributed by atoms with Crippen molar-refractivity contribution in [3.8, 4) is 0 Å². The van der Waals surface area contributed by atoms with E-state index in [2.05, 4.69) is 20.8 Å². The number of aliphatic hydroxyl groups is 2. The van der Waals surface area contributed by atoms with Crippen molar-refractivity contribution in [1.82, 2.24) is 0 Å². The maximum absolute atomic E-state index is 14.7. The van der Waals surface area contributed by atoms with Crippen LogP contribution in [-0.2, 0) is 19.1 Å². The number of allylic oxidation sites excluding steroid dienone is 6. The minimum atomic E-state index is -2.20. The molecule has 2 saturated carbocycles. The third kappa shape index (κ3) is 5.14. The molecular weight excluding hydrogens is 556 g/mol. The molecule has 7 heteroatoms. The zero-order valence-corrected chi connectivity index (χ0v) is 26.2. The first-order valence-corrected chi connectivity index (χ1v) is 15.7. The zero-order chi connectivity index (χ0) is 31.9. The number of ether oxygens (including phenoxy) is 2. The Hall–Kier alpha value is -3.55. The summed E-state index contributed by atoms with van der Waals surface area (Å²) in [7, 11) is 0. The Morgan fingerprint density at radius 2 is 1.80 bits per heavy atom. The molecule has 4 aliphatic carbocycles. The van der Waals surface area contributed by atoms with Gasteiger partial charge in [-0.25, -0.2) is 9.59 Å². The molecule has 4 aliphatic rings. The second kappa shape index (κ2) is 12.1. The van der Waals surface area contributed by atoms with Gasteiger partial charge in [-0.2, -0.15) is 0 Å². The lowest BCUT2D eigenvalue weighted by Crippen LogP contribution is -2.65. The van der Waals surface area contributed by atoms with Gasteiger partial charge >= 0.3 is 11.9 Å². The van der Waals surface area contributed by atoms with Crippen LogP contribution in [0.5, 0.6) is 0 Å². The van der Waals surface area contributed by atoms with Crippen LogP contribution in [0.2, 0.25) is 0 Å². The quantitative estimate of drug-likeness (QED) is 0.162. The lowest BCUT2D eigenvalue weighted by atomic mass is 9.59. The molecule has 0 heterocycles. The van der Waals surface area contributed by atoms with Crippen molar-refractivity contribution < 1.29 is 34.1 Å². The molecule has 234 valence electrons. The molecule has 5 rings (SSSR count). The van der Waals surface area contributed by atoms with Gasteiger partial charge in [0.15, 0.2) is 17.5 Å². The van der Waals surface area contributed by atoms with Crippen molar-refractivity contribution in [2.24, 2.45) is 34.5 Å². The summed E-state index contributed by atoms with van der Waals surface area (Å²) in [5, 5.41) is 24.8. The predicted octanol–water partition coefficient (Wildman–Crippen LogP) is 5.70. The van der Waals surface area contributed by atoms with Crippen LogP contribution in [0.15, 0.2) is 90.1 Å². The number of fused-ring (bicyclic) bond motifs is 3. The molecule has 0 radical (unpaired) electrons. The largest absolute Gasteiger partial charge is 0.457 e. The molecule has 0 aliphatic heterocycles. The molecule has 2 N–H and O–H groups in total. The number of esters is 2. The summed E-state index contributed by atoms with van der Waals surface area (Å²) in [5.41, 5.74) is -2.71. The maximum Gasteiger partial charge on any atom is 0.338 e. The molecule has 2 fully saturated rings. The number of ketones is 1. The van der Waals surface area contributed by atoms with Gasteiger partial charge < -0.3 is 19.7 Å².